The van der Waals surface area contributed by atoms with Crippen molar-refractivity contribution in [3.63, 3.8) is 0 Å². The molecule has 3 aromatic rings. The number of likely N-dealkylation sites (N-methyl/N-ethyl adjacent to an activating group) is 1. The first-order valence-corrected chi connectivity index (χ1v) is 15.3. The molecule has 1 fully saturated rings. The Morgan fingerprint density at radius 3 is 2.60 bits per heavy atom. The van der Waals surface area contributed by atoms with Crippen molar-refractivity contribution in [2.45, 2.75) is 37.1 Å². The molecule has 2 aliphatic heterocycles. The van der Waals surface area contributed by atoms with Crippen LogP contribution in [0.25, 0.3) is 0 Å². The SMILES string of the molecule is CCN1CCN(c2ccc(NC(=O)c3ccc4c(c3)OCO4)cc2S(=O)(=O)NC2CCCc3ccccc32)CC1. The Morgan fingerprint density at radius 1 is 0.975 bits per heavy atom. The number of piperazine rings is 1. The van der Waals surface area contributed by atoms with Gasteiger partial charge >= 0.3 is 0 Å². The van der Waals surface area contributed by atoms with E-state index in [1.54, 1.807) is 36.4 Å². The Labute approximate surface area is 235 Å². The zero-order valence-electron chi connectivity index (χ0n) is 22.6. The Bertz CT molecular complexity index is 1520. The number of amides is 1. The monoisotopic (exact) mass is 562 g/mol. The predicted octanol–water partition coefficient (Wildman–Crippen LogP) is 4.17. The van der Waals surface area contributed by atoms with Crippen molar-refractivity contribution < 1.29 is 22.7 Å². The zero-order valence-corrected chi connectivity index (χ0v) is 23.4. The minimum atomic E-state index is -3.93. The number of carbonyl (C=O) groups is 1. The van der Waals surface area contributed by atoms with Crippen LogP contribution >= 0.6 is 0 Å². The summed E-state index contributed by atoms with van der Waals surface area (Å²) in [5.74, 6) is 0.738. The van der Waals surface area contributed by atoms with Gasteiger partial charge in [-0.1, -0.05) is 31.2 Å². The zero-order chi connectivity index (χ0) is 27.7. The molecule has 2 N–H and O–H groups in total. The normalized spacial score (nSPS) is 18.8. The minimum Gasteiger partial charge on any atom is -0.454 e. The van der Waals surface area contributed by atoms with Gasteiger partial charge in [0, 0.05) is 43.5 Å². The summed E-state index contributed by atoms with van der Waals surface area (Å²) >= 11 is 0. The highest BCUT2D eigenvalue weighted by Gasteiger charge is 2.30. The van der Waals surface area contributed by atoms with Crippen molar-refractivity contribution in [3.8, 4) is 11.5 Å². The Balaban J connectivity index is 1.31. The predicted molar refractivity (Wildman–Crippen MR) is 154 cm³/mol. The van der Waals surface area contributed by atoms with Crippen LogP contribution in [-0.4, -0.2) is 58.7 Å². The first-order valence-electron chi connectivity index (χ1n) is 13.8. The molecule has 210 valence electrons. The average Bonchev–Trinajstić information content (AvgIpc) is 3.45. The van der Waals surface area contributed by atoms with E-state index in [4.69, 9.17) is 9.47 Å². The Hall–Kier alpha value is -3.60. The lowest BCUT2D eigenvalue weighted by molar-refractivity contribution is 0.102. The standard InChI is InChI=1S/C30H34N4O5S/c1-2-33-14-16-34(17-15-33)26-12-11-23(31-30(35)22-10-13-27-28(18-22)39-20-38-27)19-29(26)40(36,37)32-25-9-5-7-21-6-3-4-8-24(21)25/h3-4,6,8,10-13,18-19,25,32H,2,5,7,9,14-17,20H2,1H3,(H,31,35). The van der Waals surface area contributed by atoms with E-state index in [1.165, 1.54) is 5.56 Å². The fourth-order valence-corrected chi connectivity index (χ4v) is 7.24. The molecule has 0 aromatic heterocycles. The van der Waals surface area contributed by atoms with Crippen molar-refractivity contribution in [1.29, 1.82) is 0 Å². The maximum Gasteiger partial charge on any atom is 0.255 e. The molecule has 6 rings (SSSR count). The smallest absolute Gasteiger partial charge is 0.255 e. The van der Waals surface area contributed by atoms with Crippen LogP contribution in [0.1, 0.15) is 47.3 Å². The van der Waals surface area contributed by atoms with Crippen LogP contribution in [0, 0.1) is 0 Å². The maximum atomic E-state index is 14.0. The summed E-state index contributed by atoms with van der Waals surface area (Å²) in [4.78, 5) is 17.7. The number of aryl methyl sites for hydroxylation is 1. The number of benzene rings is 3. The lowest BCUT2D eigenvalue weighted by Crippen LogP contribution is -2.46. The lowest BCUT2D eigenvalue weighted by Gasteiger charge is -2.36. The molecule has 1 saturated heterocycles. The van der Waals surface area contributed by atoms with Gasteiger partial charge in [0.25, 0.3) is 5.91 Å². The third-order valence-corrected chi connectivity index (χ3v) is 9.47. The molecule has 2 heterocycles. The number of rotatable bonds is 7. The number of nitrogens with one attached hydrogen (secondary N) is 2. The molecule has 1 atom stereocenters. The highest BCUT2D eigenvalue weighted by molar-refractivity contribution is 7.89. The van der Waals surface area contributed by atoms with Crippen molar-refractivity contribution in [2.24, 2.45) is 0 Å². The van der Waals surface area contributed by atoms with E-state index in [0.717, 1.165) is 57.5 Å². The van der Waals surface area contributed by atoms with Gasteiger partial charge in [0.15, 0.2) is 11.5 Å². The summed E-state index contributed by atoms with van der Waals surface area (Å²) in [6.45, 7) is 6.40. The van der Waals surface area contributed by atoms with Gasteiger partial charge in [0.2, 0.25) is 16.8 Å². The van der Waals surface area contributed by atoms with Gasteiger partial charge in [-0.3, -0.25) is 4.79 Å². The second-order valence-corrected chi connectivity index (χ2v) is 12.1. The number of fused-ring (bicyclic) bond motifs is 2. The lowest BCUT2D eigenvalue weighted by atomic mass is 9.88. The molecular weight excluding hydrogens is 528 g/mol. The molecule has 0 bridgehead atoms. The number of anilines is 2. The number of nitrogens with zero attached hydrogens (tertiary/aromatic N) is 2. The largest absolute Gasteiger partial charge is 0.454 e. The molecule has 0 radical (unpaired) electrons. The number of ether oxygens (including phenoxy) is 2. The Kier molecular flexibility index (Phi) is 7.39. The summed E-state index contributed by atoms with van der Waals surface area (Å²) in [5.41, 5.74) is 3.66. The second kappa shape index (κ2) is 11.1. The molecular formula is C30H34N4O5S. The summed E-state index contributed by atoms with van der Waals surface area (Å²) in [6.07, 6.45) is 2.60. The van der Waals surface area contributed by atoms with Crippen LogP contribution in [0.4, 0.5) is 11.4 Å². The van der Waals surface area contributed by atoms with Crippen molar-refractivity contribution in [1.82, 2.24) is 9.62 Å². The molecule has 1 amide bonds. The second-order valence-electron chi connectivity index (χ2n) is 10.4. The summed E-state index contributed by atoms with van der Waals surface area (Å²) in [7, 11) is -3.93. The number of hydrogen-bond acceptors (Lipinski definition) is 7. The summed E-state index contributed by atoms with van der Waals surface area (Å²) in [5, 5.41) is 2.87. The van der Waals surface area contributed by atoms with Gasteiger partial charge < -0.3 is 24.6 Å². The van der Waals surface area contributed by atoms with Gasteiger partial charge in [-0.25, -0.2) is 13.1 Å². The van der Waals surface area contributed by atoms with Crippen molar-refractivity contribution >= 4 is 27.3 Å². The van der Waals surface area contributed by atoms with Gasteiger partial charge in [-0.2, -0.15) is 0 Å². The maximum absolute atomic E-state index is 14.0. The molecule has 1 unspecified atom stereocenters. The van der Waals surface area contributed by atoms with E-state index >= 15 is 0 Å². The van der Waals surface area contributed by atoms with E-state index < -0.39 is 10.0 Å². The third kappa shape index (κ3) is 5.39. The fraction of sp³-hybridized carbons (Fsp3) is 0.367. The molecule has 0 spiro atoms. The molecule has 10 heteroatoms. The molecule has 0 saturated carbocycles. The van der Waals surface area contributed by atoms with Crippen molar-refractivity contribution in [2.75, 3.05) is 49.7 Å². The van der Waals surface area contributed by atoms with Crippen LogP contribution in [-0.2, 0) is 16.4 Å². The number of sulfonamides is 1. The average molecular weight is 563 g/mol. The van der Waals surface area contributed by atoms with Crippen molar-refractivity contribution in [3.05, 3.63) is 77.4 Å². The highest BCUT2D eigenvalue weighted by Crippen LogP contribution is 2.35. The third-order valence-electron chi connectivity index (χ3n) is 7.97. The first-order chi connectivity index (χ1) is 19.4. The van der Waals surface area contributed by atoms with Gasteiger partial charge in [-0.05, 0) is 73.3 Å². The molecule has 3 aliphatic rings. The van der Waals surface area contributed by atoms with E-state index in [0.29, 0.717) is 28.4 Å². The highest BCUT2D eigenvalue weighted by atomic mass is 32.2. The number of hydrogen-bond donors (Lipinski definition) is 2. The minimum absolute atomic E-state index is 0.119. The number of carbonyl (C=O) groups excluding carboxylic acids is 1. The Morgan fingerprint density at radius 2 is 1.77 bits per heavy atom. The molecule has 9 nitrogen and oxygen atoms in total. The summed E-state index contributed by atoms with van der Waals surface area (Å²) in [6, 6.07) is 17.8. The quantitative estimate of drug-likeness (QED) is 0.446. The van der Waals surface area contributed by atoms with Crippen LogP contribution in [0.15, 0.2) is 65.6 Å². The van der Waals surface area contributed by atoms with Crippen LogP contribution in [0.2, 0.25) is 0 Å². The van der Waals surface area contributed by atoms with E-state index in [-0.39, 0.29) is 23.6 Å². The van der Waals surface area contributed by atoms with Crippen LogP contribution in [0.5, 0.6) is 11.5 Å². The van der Waals surface area contributed by atoms with E-state index in [9.17, 15) is 13.2 Å². The fourth-order valence-electron chi connectivity index (χ4n) is 5.74. The molecule has 1 aliphatic carbocycles. The van der Waals surface area contributed by atoms with Gasteiger partial charge in [0.1, 0.15) is 4.90 Å². The summed E-state index contributed by atoms with van der Waals surface area (Å²) < 4.78 is 41.8. The van der Waals surface area contributed by atoms with E-state index in [2.05, 4.69) is 32.8 Å². The molecule has 3 aromatic carbocycles. The van der Waals surface area contributed by atoms with Gasteiger partial charge in [0.05, 0.1) is 5.69 Å². The van der Waals surface area contributed by atoms with Crippen LogP contribution < -0.4 is 24.4 Å². The molecule has 40 heavy (non-hydrogen) atoms. The van der Waals surface area contributed by atoms with E-state index in [1.807, 2.05) is 18.2 Å². The first kappa shape index (κ1) is 26.6. The van der Waals surface area contributed by atoms with Gasteiger partial charge in [-0.15, -0.1) is 0 Å². The van der Waals surface area contributed by atoms with Crippen LogP contribution in [0.3, 0.4) is 0 Å². The topological polar surface area (TPSA) is 100 Å².